The standard InChI is InChI=1S/C22H24N2O3/c1-13(2)15-9-7-8-12-18(15)23-20(25)19(14(3)4)24-21(26)16-10-5-6-11-17(16)22(24)27/h5-14,19H,1-4H3,(H,23,25)/t19-/m1/s1. The Kier molecular flexibility index (Phi) is 5.13. The Balaban J connectivity index is 1.93. The molecule has 0 saturated carbocycles. The molecule has 0 unspecified atom stereocenters. The molecule has 5 heteroatoms. The highest BCUT2D eigenvalue weighted by atomic mass is 16.2. The van der Waals surface area contributed by atoms with E-state index in [0.717, 1.165) is 10.5 Å². The van der Waals surface area contributed by atoms with Gasteiger partial charge in [-0.25, -0.2) is 0 Å². The number of imide groups is 1. The second kappa shape index (κ2) is 7.35. The van der Waals surface area contributed by atoms with Gasteiger partial charge >= 0.3 is 0 Å². The van der Waals surface area contributed by atoms with E-state index in [2.05, 4.69) is 19.2 Å². The molecule has 0 saturated heterocycles. The fourth-order valence-corrected chi connectivity index (χ4v) is 3.50. The first-order valence-corrected chi connectivity index (χ1v) is 9.19. The number of hydrogen-bond donors (Lipinski definition) is 1. The van der Waals surface area contributed by atoms with E-state index in [9.17, 15) is 14.4 Å². The van der Waals surface area contributed by atoms with Crippen molar-refractivity contribution in [2.75, 3.05) is 5.32 Å². The van der Waals surface area contributed by atoms with Gasteiger partial charge in [0.25, 0.3) is 11.8 Å². The van der Waals surface area contributed by atoms with E-state index in [0.29, 0.717) is 16.8 Å². The van der Waals surface area contributed by atoms with Gasteiger partial charge in [0.05, 0.1) is 11.1 Å². The van der Waals surface area contributed by atoms with E-state index in [-0.39, 0.29) is 17.7 Å². The number of rotatable bonds is 5. The van der Waals surface area contributed by atoms with Crippen LogP contribution in [0.2, 0.25) is 0 Å². The number of carbonyl (C=O) groups is 3. The second-order valence-electron chi connectivity index (χ2n) is 7.45. The van der Waals surface area contributed by atoms with Gasteiger partial charge in [0.1, 0.15) is 6.04 Å². The molecule has 1 aliphatic rings. The lowest BCUT2D eigenvalue weighted by Gasteiger charge is -2.29. The van der Waals surface area contributed by atoms with Crippen molar-refractivity contribution in [2.24, 2.45) is 5.92 Å². The molecule has 2 aromatic rings. The maximum Gasteiger partial charge on any atom is 0.262 e. The number of nitrogens with one attached hydrogen (secondary N) is 1. The summed E-state index contributed by atoms with van der Waals surface area (Å²) in [6.07, 6.45) is 0. The maximum atomic E-state index is 13.1. The van der Waals surface area contributed by atoms with E-state index in [1.54, 1.807) is 24.3 Å². The fourth-order valence-electron chi connectivity index (χ4n) is 3.50. The van der Waals surface area contributed by atoms with Crippen LogP contribution in [0.25, 0.3) is 0 Å². The summed E-state index contributed by atoms with van der Waals surface area (Å²) in [6.45, 7) is 7.77. The van der Waals surface area contributed by atoms with Gasteiger partial charge in [-0.2, -0.15) is 0 Å². The average Bonchev–Trinajstić information content (AvgIpc) is 2.87. The van der Waals surface area contributed by atoms with Crippen molar-refractivity contribution in [1.29, 1.82) is 0 Å². The Bertz CT molecular complexity index is 867. The van der Waals surface area contributed by atoms with E-state index >= 15 is 0 Å². The molecule has 0 aliphatic carbocycles. The second-order valence-corrected chi connectivity index (χ2v) is 7.45. The molecule has 3 amide bonds. The van der Waals surface area contributed by atoms with Crippen LogP contribution in [0.5, 0.6) is 0 Å². The molecule has 2 aromatic carbocycles. The summed E-state index contributed by atoms with van der Waals surface area (Å²) in [4.78, 5) is 39.8. The number of carbonyl (C=O) groups excluding carboxylic acids is 3. The molecule has 3 rings (SSSR count). The largest absolute Gasteiger partial charge is 0.324 e. The molecule has 0 bridgehead atoms. The molecule has 1 N–H and O–H groups in total. The third kappa shape index (κ3) is 3.37. The summed E-state index contributed by atoms with van der Waals surface area (Å²) < 4.78 is 0. The first kappa shape index (κ1) is 18.8. The smallest absolute Gasteiger partial charge is 0.262 e. The number of benzene rings is 2. The minimum absolute atomic E-state index is 0.224. The lowest BCUT2D eigenvalue weighted by atomic mass is 9.99. The number of para-hydroxylation sites is 1. The molecule has 1 atom stereocenters. The quantitative estimate of drug-likeness (QED) is 0.813. The van der Waals surface area contributed by atoms with Crippen LogP contribution >= 0.6 is 0 Å². The molecule has 1 heterocycles. The summed E-state index contributed by atoms with van der Waals surface area (Å²) >= 11 is 0. The van der Waals surface area contributed by atoms with E-state index in [1.807, 2.05) is 38.1 Å². The van der Waals surface area contributed by atoms with Crippen molar-refractivity contribution in [2.45, 2.75) is 39.7 Å². The lowest BCUT2D eigenvalue weighted by molar-refractivity contribution is -0.121. The van der Waals surface area contributed by atoms with E-state index in [1.165, 1.54) is 0 Å². The lowest BCUT2D eigenvalue weighted by Crippen LogP contribution is -2.50. The molecule has 140 valence electrons. The predicted molar refractivity (Wildman–Crippen MR) is 105 cm³/mol. The van der Waals surface area contributed by atoms with Crippen LogP contribution in [0.4, 0.5) is 5.69 Å². The molecule has 0 radical (unpaired) electrons. The van der Waals surface area contributed by atoms with Crippen molar-refractivity contribution in [3.05, 3.63) is 65.2 Å². The van der Waals surface area contributed by atoms with Crippen molar-refractivity contribution in [3.63, 3.8) is 0 Å². The van der Waals surface area contributed by atoms with Gasteiger partial charge in [0, 0.05) is 5.69 Å². The van der Waals surface area contributed by atoms with Crippen LogP contribution in [0.15, 0.2) is 48.5 Å². The Morgan fingerprint density at radius 2 is 1.37 bits per heavy atom. The summed E-state index contributed by atoms with van der Waals surface area (Å²) in [5.74, 6) is -1.17. The fraction of sp³-hybridized carbons (Fsp3) is 0.318. The molecule has 1 aliphatic heterocycles. The third-order valence-electron chi connectivity index (χ3n) is 4.84. The van der Waals surface area contributed by atoms with Crippen molar-refractivity contribution < 1.29 is 14.4 Å². The topological polar surface area (TPSA) is 66.5 Å². The van der Waals surface area contributed by atoms with E-state index < -0.39 is 17.9 Å². The average molecular weight is 364 g/mol. The Morgan fingerprint density at radius 1 is 0.852 bits per heavy atom. The van der Waals surface area contributed by atoms with Gasteiger partial charge in [0.15, 0.2) is 0 Å². The van der Waals surface area contributed by atoms with Gasteiger partial charge in [-0.05, 0) is 35.6 Å². The molecule has 0 aromatic heterocycles. The summed E-state index contributed by atoms with van der Waals surface area (Å²) in [5, 5.41) is 2.93. The van der Waals surface area contributed by atoms with Gasteiger partial charge in [-0.3, -0.25) is 19.3 Å². The molecule has 27 heavy (non-hydrogen) atoms. The van der Waals surface area contributed by atoms with Crippen molar-refractivity contribution in [3.8, 4) is 0 Å². The number of nitrogens with zero attached hydrogens (tertiary/aromatic N) is 1. The Morgan fingerprint density at radius 3 is 1.89 bits per heavy atom. The van der Waals surface area contributed by atoms with Crippen LogP contribution in [-0.2, 0) is 4.79 Å². The van der Waals surface area contributed by atoms with Crippen molar-refractivity contribution >= 4 is 23.4 Å². The third-order valence-corrected chi connectivity index (χ3v) is 4.84. The normalized spacial score (nSPS) is 14.7. The van der Waals surface area contributed by atoms with Crippen LogP contribution < -0.4 is 5.32 Å². The zero-order chi connectivity index (χ0) is 19.7. The number of amides is 3. The molecule has 5 nitrogen and oxygen atoms in total. The first-order valence-electron chi connectivity index (χ1n) is 9.19. The summed E-state index contributed by atoms with van der Waals surface area (Å²) in [5.41, 5.74) is 2.42. The molecular formula is C22H24N2O3. The number of fused-ring (bicyclic) bond motifs is 1. The Hall–Kier alpha value is -2.95. The van der Waals surface area contributed by atoms with Crippen molar-refractivity contribution in [1.82, 2.24) is 4.90 Å². The van der Waals surface area contributed by atoms with Crippen LogP contribution in [0.1, 0.15) is 59.9 Å². The van der Waals surface area contributed by atoms with Gasteiger partial charge in [-0.1, -0.05) is 58.0 Å². The first-order chi connectivity index (χ1) is 12.8. The zero-order valence-corrected chi connectivity index (χ0v) is 16.0. The zero-order valence-electron chi connectivity index (χ0n) is 16.0. The highest BCUT2D eigenvalue weighted by molar-refractivity contribution is 6.23. The summed E-state index contributed by atoms with van der Waals surface area (Å²) in [6, 6.07) is 13.4. The van der Waals surface area contributed by atoms with Crippen LogP contribution in [0.3, 0.4) is 0 Å². The Labute approximate surface area is 159 Å². The number of hydrogen-bond acceptors (Lipinski definition) is 3. The molecule has 0 fully saturated rings. The summed E-state index contributed by atoms with van der Waals surface area (Å²) in [7, 11) is 0. The maximum absolute atomic E-state index is 13.1. The highest BCUT2D eigenvalue weighted by Gasteiger charge is 2.43. The minimum atomic E-state index is -0.877. The van der Waals surface area contributed by atoms with Crippen LogP contribution in [-0.4, -0.2) is 28.7 Å². The SMILES string of the molecule is CC(C)c1ccccc1NC(=O)[C@@H](C(C)C)N1C(=O)c2ccccc2C1=O. The minimum Gasteiger partial charge on any atom is -0.324 e. The van der Waals surface area contributed by atoms with Gasteiger partial charge in [-0.15, -0.1) is 0 Å². The monoisotopic (exact) mass is 364 g/mol. The highest BCUT2D eigenvalue weighted by Crippen LogP contribution is 2.29. The van der Waals surface area contributed by atoms with Gasteiger partial charge < -0.3 is 5.32 Å². The van der Waals surface area contributed by atoms with Crippen LogP contribution in [0, 0.1) is 5.92 Å². The van der Waals surface area contributed by atoms with Gasteiger partial charge in [0.2, 0.25) is 5.91 Å². The number of anilines is 1. The molecule has 0 spiro atoms. The predicted octanol–water partition coefficient (Wildman–Crippen LogP) is 4.07. The van der Waals surface area contributed by atoms with E-state index in [4.69, 9.17) is 0 Å². The molecular weight excluding hydrogens is 340 g/mol.